The van der Waals surface area contributed by atoms with E-state index in [2.05, 4.69) is 10.1 Å². The summed E-state index contributed by atoms with van der Waals surface area (Å²) >= 11 is 0. The Labute approximate surface area is 138 Å². The van der Waals surface area contributed by atoms with Crippen LogP contribution in [0.25, 0.3) is 0 Å². The Bertz CT molecular complexity index is 808. The van der Waals surface area contributed by atoms with Gasteiger partial charge in [-0.25, -0.2) is 18.4 Å². The third-order valence-corrected chi connectivity index (χ3v) is 4.28. The second kappa shape index (κ2) is 6.49. The van der Waals surface area contributed by atoms with E-state index in [0.717, 1.165) is 17.7 Å². The van der Waals surface area contributed by atoms with Crippen molar-refractivity contribution in [3.8, 4) is 0 Å². The van der Waals surface area contributed by atoms with E-state index in [9.17, 15) is 13.9 Å². The van der Waals surface area contributed by atoms with Crippen molar-refractivity contribution in [2.75, 3.05) is 0 Å². The second-order valence-electron chi connectivity index (χ2n) is 5.77. The number of hydrogen-bond acceptors (Lipinski definition) is 3. The van der Waals surface area contributed by atoms with Crippen LogP contribution in [0.2, 0.25) is 0 Å². The van der Waals surface area contributed by atoms with E-state index >= 15 is 0 Å². The molecule has 6 heteroatoms. The summed E-state index contributed by atoms with van der Waals surface area (Å²) in [5.74, 6) is -1.94. The average Bonchev–Trinajstić information content (AvgIpc) is 3.07. The van der Waals surface area contributed by atoms with Crippen LogP contribution in [0.5, 0.6) is 0 Å². The Hall–Kier alpha value is -2.60. The molecule has 1 aromatic heterocycles. The molecule has 3 aromatic rings. The number of nitrogens with zero attached hydrogens (tertiary/aromatic N) is 3. The Morgan fingerprint density at radius 1 is 1.17 bits per heavy atom. The van der Waals surface area contributed by atoms with Crippen LogP contribution in [0, 0.1) is 11.6 Å². The molecule has 24 heavy (non-hydrogen) atoms. The van der Waals surface area contributed by atoms with Crippen LogP contribution >= 0.6 is 0 Å². The summed E-state index contributed by atoms with van der Waals surface area (Å²) in [5, 5.41) is 15.4. The van der Waals surface area contributed by atoms with Gasteiger partial charge in [-0.05, 0) is 11.6 Å². The van der Waals surface area contributed by atoms with E-state index in [1.165, 1.54) is 23.4 Å². The first-order valence-electron chi connectivity index (χ1n) is 7.56. The highest BCUT2D eigenvalue weighted by Gasteiger charge is 2.39. The molecule has 2 aromatic carbocycles. The van der Waals surface area contributed by atoms with E-state index in [-0.39, 0.29) is 12.1 Å². The molecule has 0 spiro atoms. The molecule has 1 heterocycles. The van der Waals surface area contributed by atoms with Gasteiger partial charge in [0.1, 0.15) is 29.9 Å². The summed E-state index contributed by atoms with van der Waals surface area (Å²) < 4.78 is 29.1. The first kappa shape index (κ1) is 16.3. The number of benzene rings is 2. The highest BCUT2D eigenvalue weighted by molar-refractivity contribution is 5.32. The number of rotatable bonds is 5. The van der Waals surface area contributed by atoms with Crippen LogP contribution in [0.3, 0.4) is 0 Å². The molecule has 0 aliphatic rings. The predicted octanol–water partition coefficient (Wildman–Crippen LogP) is 3.25. The van der Waals surface area contributed by atoms with E-state index in [0.29, 0.717) is 0 Å². The standard InChI is InChI=1S/C18H17F2N3O/c1-13(14-5-3-2-4-6-14)18(24,10-23-12-21-11-22-23)16-8-7-15(19)9-17(16)20/h2-9,11-13,24H,10H2,1H3. The van der Waals surface area contributed by atoms with E-state index in [1.807, 2.05) is 30.3 Å². The second-order valence-corrected chi connectivity index (χ2v) is 5.77. The summed E-state index contributed by atoms with van der Waals surface area (Å²) in [6.45, 7) is 1.79. The lowest BCUT2D eigenvalue weighted by molar-refractivity contribution is -0.0112. The average molecular weight is 329 g/mol. The summed E-state index contributed by atoms with van der Waals surface area (Å²) in [6.07, 6.45) is 2.79. The first-order valence-corrected chi connectivity index (χ1v) is 7.56. The fourth-order valence-corrected chi connectivity index (χ4v) is 2.87. The molecule has 0 radical (unpaired) electrons. The minimum atomic E-state index is -1.62. The van der Waals surface area contributed by atoms with Gasteiger partial charge in [-0.1, -0.05) is 43.3 Å². The van der Waals surface area contributed by atoms with Crippen molar-refractivity contribution in [2.24, 2.45) is 0 Å². The van der Waals surface area contributed by atoms with Gasteiger partial charge in [0.2, 0.25) is 0 Å². The van der Waals surface area contributed by atoms with Crippen LogP contribution in [0.4, 0.5) is 8.78 Å². The Balaban J connectivity index is 2.09. The lowest BCUT2D eigenvalue weighted by Crippen LogP contribution is -2.38. The van der Waals surface area contributed by atoms with Crippen molar-refractivity contribution in [2.45, 2.75) is 25.0 Å². The zero-order valence-corrected chi connectivity index (χ0v) is 13.1. The van der Waals surface area contributed by atoms with Crippen LogP contribution in [0.15, 0.2) is 61.2 Å². The molecule has 124 valence electrons. The highest BCUT2D eigenvalue weighted by Crippen LogP contribution is 2.39. The van der Waals surface area contributed by atoms with Crippen molar-refractivity contribution in [1.82, 2.24) is 14.8 Å². The molecule has 3 rings (SSSR count). The molecule has 0 bridgehead atoms. The fourth-order valence-electron chi connectivity index (χ4n) is 2.87. The van der Waals surface area contributed by atoms with Crippen molar-refractivity contribution >= 4 is 0 Å². The monoisotopic (exact) mass is 329 g/mol. The molecule has 0 aliphatic heterocycles. The quantitative estimate of drug-likeness (QED) is 0.782. The first-order chi connectivity index (χ1) is 11.5. The summed E-state index contributed by atoms with van der Waals surface area (Å²) in [4.78, 5) is 3.86. The van der Waals surface area contributed by atoms with Crippen molar-refractivity contribution < 1.29 is 13.9 Å². The predicted molar refractivity (Wildman–Crippen MR) is 85.1 cm³/mol. The molecule has 2 unspecified atom stereocenters. The van der Waals surface area contributed by atoms with Crippen molar-refractivity contribution in [3.63, 3.8) is 0 Å². The molecule has 1 N–H and O–H groups in total. The SMILES string of the molecule is CC(c1ccccc1)C(O)(Cn1cncn1)c1ccc(F)cc1F. The lowest BCUT2D eigenvalue weighted by atomic mass is 9.78. The zero-order valence-electron chi connectivity index (χ0n) is 13.1. The van der Waals surface area contributed by atoms with Gasteiger partial charge in [0.25, 0.3) is 0 Å². The summed E-state index contributed by atoms with van der Waals surface area (Å²) in [6, 6.07) is 12.5. The largest absolute Gasteiger partial charge is 0.382 e. The third kappa shape index (κ3) is 3.05. The van der Waals surface area contributed by atoms with Crippen molar-refractivity contribution in [3.05, 3.63) is 83.9 Å². The van der Waals surface area contributed by atoms with E-state index < -0.39 is 23.2 Å². The molecule has 0 amide bonds. The molecule has 0 fully saturated rings. The molecule has 0 saturated heterocycles. The van der Waals surface area contributed by atoms with Crippen LogP contribution < -0.4 is 0 Å². The molecule has 0 saturated carbocycles. The number of halogens is 2. The highest BCUT2D eigenvalue weighted by atomic mass is 19.1. The maximum atomic E-state index is 14.4. The van der Waals surface area contributed by atoms with Gasteiger partial charge >= 0.3 is 0 Å². The molecule has 2 atom stereocenters. The van der Waals surface area contributed by atoms with Gasteiger partial charge < -0.3 is 5.11 Å². The number of hydrogen-bond donors (Lipinski definition) is 1. The smallest absolute Gasteiger partial charge is 0.137 e. The van der Waals surface area contributed by atoms with Crippen LogP contribution in [-0.2, 0) is 12.1 Å². The normalized spacial score (nSPS) is 15.0. The van der Waals surface area contributed by atoms with E-state index in [1.54, 1.807) is 6.92 Å². The number of aromatic nitrogens is 3. The Morgan fingerprint density at radius 3 is 2.54 bits per heavy atom. The van der Waals surface area contributed by atoms with Crippen molar-refractivity contribution in [1.29, 1.82) is 0 Å². The summed E-state index contributed by atoms with van der Waals surface area (Å²) in [7, 11) is 0. The lowest BCUT2D eigenvalue weighted by Gasteiger charge is -2.35. The minimum absolute atomic E-state index is 0.00832. The minimum Gasteiger partial charge on any atom is -0.382 e. The third-order valence-electron chi connectivity index (χ3n) is 4.28. The van der Waals surface area contributed by atoms with Crippen LogP contribution in [-0.4, -0.2) is 19.9 Å². The molecular weight excluding hydrogens is 312 g/mol. The number of aliphatic hydroxyl groups is 1. The Morgan fingerprint density at radius 2 is 1.92 bits per heavy atom. The van der Waals surface area contributed by atoms with Gasteiger partial charge in [-0.15, -0.1) is 0 Å². The maximum absolute atomic E-state index is 14.4. The Kier molecular flexibility index (Phi) is 4.40. The van der Waals surface area contributed by atoms with Gasteiger partial charge in [0.05, 0.1) is 6.54 Å². The topological polar surface area (TPSA) is 50.9 Å². The fraction of sp³-hybridized carbons (Fsp3) is 0.222. The van der Waals surface area contributed by atoms with Gasteiger partial charge in [-0.3, -0.25) is 0 Å². The van der Waals surface area contributed by atoms with Gasteiger partial charge in [-0.2, -0.15) is 5.10 Å². The molecule has 4 nitrogen and oxygen atoms in total. The van der Waals surface area contributed by atoms with Crippen LogP contribution in [0.1, 0.15) is 24.0 Å². The van der Waals surface area contributed by atoms with Gasteiger partial charge in [0.15, 0.2) is 0 Å². The van der Waals surface area contributed by atoms with Gasteiger partial charge in [0, 0.05) is 17.5 Å². The zero-order chi connectivity index (χ0) is 17.2. The molecule has 0 aliphatic carbocycles. The van der Waals surface area contributed by atoms with E-state index in [4.69, 9.17) is 0 Å². The molecular formula is C18H17F2N3O. The summed E-state index contributed by atoms with van der Waals surface area (Å²) in [5.41, 5.74) is -0.757. The maximum Gasteiger partial charge on any atom is 0.137 e.